The fourth-order valence-electron chi connectivity index (χ4n) is 1.72. The van der Waals surface area contributed by atoms with E-state index in [0.29, 0.717) is 5.69 Å². The zero-order valence-electron chi connectivity index (χ0n) is 9.44. The lowest BCUT2D eigenvalue weighted by molar-refractivity contribution is 0.765. The normalized spacial score (nSPS) is 11.1. The minimum atomic E-state index is 0.627. The summed E-state index contributed by atoms with van der Waals surface area (Å²) < 4.78 is 2.70. The topological polar surface area (TPSA) is 56.7 Å². The quantitative estimate of drug-likeness (QED) is 0.409. The summed E-state index contributed by atoms with van der Waals surface area (Å²) in [7, 11) is 0. The summed E-state index contributed by atoms with van der Waals surface area (Å²) in [5.74, 6) is 0. The highest BCUT2D eigenvalue weighted by Gasteiger charge is 2.13. The second-order valence-electron chi connectivity index (χ2n) is 3.92. The lowest BCUT2D eigenvalue weighted by Crippen LogP contribution is -1.98. The van der Waals surface area contributed by atoms with Gasteiger partial charge in [0, 0.05) is 8.04 Å². The van der Waals surface area contributed by atoms with Crippen LogP contribution in [0.25, 0.3) is 16.7 Å². The highest BCUT2D eigenvalue weighted by molar-refractivity contribution is 14.1. The van der Waals surface area contributed by atoms with Crippen LogP contribution in [0.2, 0.25) is 0 Å². The van der Waals surface area contributed by atoms with Crippen LogP contribution in [-0.4, -0.2) is 15.0 Å². The molecule has 7 heteroatoms. The van der Waals surface area contributed by atoms with Crippen molar-refractivity contribution in [3.05, 3.63) is 42.8 Å². The fraction of sp³-hybridized carbons (Fsp3) is 0. The van der Waals surface area contributed by atoms with Crippen molar-refractivity contribution in [2.45, 2.75) is 0 Å². The van der Waals surface area contributed by atoms with Gasteiger partial charge in [-0.05, 0) is 78.7 Å². The van der Waals surface area contributed by atoms with Crippen LogP contribution in [0.3, 0.4) is 0 Å². The van der Waals surface area contributed by atoms with Crippen LogP contribution in [0, 0.1) is 3.57 Å². The van der Waals surface area contributed by atoms with Gasteiger partial charge in [0.05, 0.1) is 15.8 Å². The lowest BCUT2D eigenvalue weighted by Gasteiger charge is -2.00. The Morgan fingerprint density at radius 1 is 1.16 bits per heavy atom. The minimum absolute atomic E-state index is 0.627. The Morgan fingerprint density at radius 3 is 2.68 bits per heavy atom. The van der Waals surface area contributed by atoms with E-state index in [4.69, 9.17) is 5.73 Å². The summed E-state index contributed by atoms with van der Waals surface area (Å²) in [6.07, 6.45) is 0. The minimum Gasteiger partial charge on any atom is -0.397 e. The SMILES string of the molecule is Nc1c(Br)cc2nn(-c3cccc(I)c3)nc2c1Br. The highest BCUT2D eigenvalue weighted by atomic mass is 127. The number of nitrogen functional groups attached to an aromatic ring is 1. The van der Waals surface area contributed by atoms with Crippen LogP contribution >= 0.6 is 54.5 Å². The van der Waals surface area contributed by atoms with E-state index < -0.39 is 0 Å². The third kappa shape index (κ3) is 2.38. The molecule has 0 saturated carbocycles. The van der Waals surface area contributed by atoms with E-state index in [1.54, 1.807) is 4.80 Å². The van der Waals surface area contributed by atoms with E-state index >= 15 is 0 Å². The van der Waals surface area contributed by atoms with Crippen molar-refractivity contribution in [1.82, 2.24) is 15.0 Å². The van der Waals surface area contributed by atoms with E-state index in [2.05, 4.69) is 64.6 Å². The van der Waals surface area contributed by atoms with Gasteiger partial charge in [0.2, 0.25) is 0 Å². The predicted octanol–water partition coefficient (Wildman–Crippen LogP) is 4.13. The number of benzene rings is 2. The molecule has 2 N–H and O–H groups in total. The van der Waals surface area contributed by atoms with Gasteiger partial charge in [-0.2, -0.15) is 4.80 Å². The summed E-state index contributed by atoms with van der Waals surface area (Å²) in [4.78, 5) is 1.61. The van der Waals surface area contributed by atoms with Gasteiger partial charge in [-0.3, -0.25) is 0 Å². The van der Waals surface area contributed by atoms with Gasteiger partial charge in [-0.25, -0.2) is 0 Å². The Hall–Kier alpha value is -0.670. The molecule has 0 aliphatic rings. The van der Waals surface area contributed by atoms with E-state index in [0.717, 1.165) is 29.2 Å². The van der Waals surface area contributed by atoms with Crippen LogP contribution in [0.4, 0.5) is 5.69 Å². The Balaban J connectivity index is 2.25. The van der Waals surface area contributed by atoms with E-state index in [-0.39, 0.29) is 0 Å². The van der Waals surface area contributed by atoms with Gasteiger partial charge < -0.3 is 5.73 Å². The maximum atomic E-state index is 5.95. The third-order valence-electron chi connectivity index (χ3n) is 2.64. The van der Waals surface area contributed by atoms with Crippen LogP contribution in [0.15, 0.2) is 39.3 Å². The number of hydrogen-bond acceptors (Lipinski definition) is 3. The Kier molecular flexibility index (Phi) is 3.52. The monoisotopic (exact) mass is 492 g/mol. The number of halogens is 3. The van der Waals surface area contributed by atoms with Crippen molar-refractivity contribution in [3.8, 4) is 5.69 Å². The molecule has 1 aromatic heterocycles. The molecule has 19 heavy (non-hydrogen) atoms. The van der Waals surface area contributed by atoms with Crippen molar-refractivity contribution in [3.63, 3.8) is 0 Å². The van der Waals surface area contributed by atoms with E-state index in [1.807, 2.05) is 30.3 Å². The van der Waals surface area contributed by atoms with Gasteiger partial charge in [0.15, 0.2) is 0 Å². The molecule has 1 heterocycles. The third-order valence-corrected chi connectivity index (χ3v) is 4.77. The molecule has 0 unspecified atom stereocenters. The molecule has 96 valence electrons. The van der Waals surface area contributed by atoms with E-state index in [9.17, 15) is 0 Å². The van der Waals surface area contributed by atoms with Gasteiger partial charge in [-0.15, -0.1) is 10.2 Å². The molecule has 0 radical (unpaired) electrons. The first-order valence-corrected chi connectivity index (χ1v) is 7.99. The predicted molar refractivity (Wildman–Crippen MR) is 91.4 cm³/mol. The fourth-order valence-corrected chi connectivity index (χ4v) is 3.42. The van der Waals surface area contributed by atoms with Gasteiger partial charge in [0.1, 0.15) is 11.0 Å². The van der Waals surface area contributed by atoms with Crippen molar-refractivity contribution < 1.29 is 0 Å². The summed E-state index contributed by atoms with van der Waals surface area (Å²) in [5, 5.41) is 8.95. The molecular formula is C12H7Br2IN4. The molecule has 0 saturated heterocycles. The molecule has 0 atom stereocenters. The molecule has 0 spiro atoms. The van der Waals surface area contributed by atoms with Crippen molar-refractivity contribution >= 4 is 71.2 Å². The largest absolute Gasteiger partial charge is 0.397 e. The molecule has 0 aliphatic carbocycles. The van der Waals surface area contributed by atoms with Crippen LogP contribution in [0.1, 0.15) is 0 Å². The first-order valence-electron chi connectivity index (χ1n) is 5.33. The maximum absolute atomic E-state index is 5.95. The van der Waals surface area contributed by atoms with Crippen LogP contribution in [-0.2, 0) is 0 Å². The second-order valence-corrected chi connectivity index (χ2v) is 6.82. The van der Waals surface area contributed by atoms with Gasteiger partial charge >= 0.3 is 0 Å². The van der Waals surface area contributed by atoms with Crippen LogP contribution < -0.4 is 5.73 Å². The molecule has 4 nitrogen and oxygen atoms in total. The van der Waals surface area contributed by atoms with Crippen molar-refractivity contribution in [2.75, 3.05) is 5.73 Å². The molecule has 0 fully saturated rings. The average Bonchev–Trinajstić information content (AvgIpc) is 2.80. The summed E-state index contributed by atoms with van der Waals surface area (Å²) >= 11 is 9.13. The number of rotatable bonds is 1. The summed E-state index contributed by atoms with van der Waals surface area (Å²) in [5.41, 5.74) is 9.03. The highest BCUT2D eigenvalue weighted by Crippen LogP contribution is 2.34. The smallest absolute Gasteiger partial charge is 0.130 e. The first-order chi connectivity index (χ1) is 9.06. The van der Waals surface area contributed by atoms with Gasteiger partial charge in [0.25, 0.3) is 0 Å². The molecule has 3 aromatic rings. The molecule has 3 rings (SSSR count). The van der Waals surface area contributed by atoms with Crippen molar-refractivity contribution in [1.29, 1.82) is 0 Å². The summed E-state index contributed by atoms with van der Waals surface area (Å²) in [6, 6.07) is 9.86. The maximum Gasteiger partial charge on any atom is 0.130 e. The second kappa shape index (κ2) is 5.02. The number of nitrogens with two attached hydrogens (primary N) is 1. The zero-order valence-corrected chi connectivity index (χ0v) is 14.8. The van der Waals surface area contributed by atoms with Crippen LogP contribution in [0.5, 0.6) is 0 Å². The number of aromatic nitrogens is 3. The Labute approximate surface area is 139 Å². The number of hydrogen-bond donors (Lipinski definition) is 1. The lowest BCUT2D eigenvalue weighted by atomic mass is 10.3. The molecular weight excluding hydrogens is 487 g/mol. The molecule has 0 aliphatic heterocycles. The van der Waals surface area contributed by atoms with Gasteiger partial charge in [-0.1, -0.05) is 6.07 Å². The number of nitrogens with zero attached hydrogens (tertiary/aromatic N) is 3. The zero-order chi connectivity index (χ0) is 13.6. The molecule has 2 aromatic carbocycles. The number of fused-ring (bicyclic) bond motifs is 1. The summed E-state index contributed by atoms with van der Waals surface area (Å²) in [6.45, 7) is 0. The average molecular weight is 494 g/mol. The molecule has 0 amide bonds. The Morgan fingerprint density at radius 2 is 1.95 bits per heavy atom. The Bertz CT molecular complexity index is 785. The first kappa shape index (κ1) is 13.3. The van der Waals surface area contributed by atoms with E-state index in [1.165, 1.54) is 0 Å². The number of anilines is 1. The van der Waals surface area contributed by atoms with Crippen molar-refractivity contribution in [2.24, 2.45) is 0 Å². The molecule has 0 bridgehead atoms. The standard InChI is InChI=1S/C12H7Br2IN4/c13-8-5-9-12(10(14)11(8)16)18-19(17-9)7-3-1-2-6(15)4-7/h1-5H,16H2.